The van der Waals surface area contributed by atoms with Gasteiger partial charge in [0.2, 0.25) is 0 Å². The van der Waals surface area contributed by atoms with E-state index < -0.39 is 37.1 Å². The highest BCUT2D eigenvalue weighted by molar-refractivity contribution is 7.51. The molecule has 0 spiro atoms. The Labute approximate surface area is 372 Å². The van der Waals surface area contributed by atoms with Crippen molar-refractivity contribution in [3.05, 3.63) is 221 Å². The van der Waals surface area contributed by atoms with Crippen molar-refractivity contribution < 1.29 is 33.4 Å². The first-order valence-electron chi connectivity index (χ1n) is 21.0. The van der Waals surface area contributed by atoms with Gasteiger partial charge in [-0.05, 0) is 47.2 Å². The number of nitrogens with one attached hydrogen (secondary N) is 1. The van der Waals surface area contributed by atoms with Gasteiger partial charge in [0.05, 0.1) is 32.7 Å². The van der Waals surface area contributed by atoms with Crippen LogP contribution < -0.4 is 10.2 Å². The molecule has 8 aromatic rings. The van der Waals surface area contributed by atoms with Gasteiger partial charge in [0.1, 0.15) is 23.1 Å². The lowest BCUT2D eigenvalue weighted by atomic mass is 9.68. The average molecular weight is 876 g/mol. The maximum Gasteiger partial charge on any atom is 0.350 e. The molecule has 326 valence electrons. The molecule has 6 aromatic carbocycles. The summed E-state index contributed by atoms with van der Waals surface area (Å²) in [5.74, 6) is 1.42. The normalized spacial score (nSPS) is 13.1. The number of ether oxygens (including phenoxy) is 3. The summed E-state index contributed by atoms with van der Waals surface area (Å²) in [6, 6.07) is 57.7. The van der Waals surface area contributed by atoms with Gasteiger partial charge in [-0.2, -0.15) is 0 Å². The SMILES string of the molecule is CONc1nc(C(c2ccccc2)(c2ccccc2)c2ccccc2)nc2c1ncn2C(CCOCP(=O)(O)O)C(C)OC(c1ccccc1)(c1ccccc1)c1ccccc1OC. The van der Waals surface area contributed by atoms with Gasteiger partial charge in [-0.3, -0.25) is 9.40 Å². The zero-order chi connectivity index (χ0) is 44.6. The molecule has 0 amide bonds. The third-order valence-electron chi connectivity index (χ3n) is 11.5. The van der Waals surface area contributed by atoms with Crippen LogP contribution in [0.3, 0.4) is 0 Å². The summed E-state index contributed by atoms with van der Waals surface area (Å²) in [4.78, 5) is 40.7. The van der Waals surface area contributed by atoms with Gasteiger partial charge in [0, 0.05) is 12.2 Å². The molecule has 0 aliphatic heterocycles. The molecule has 13 heteroatoms. The molecule has 2 unspecified atom stereocenters. The lowest BCUT2D eigenvalue weighted by Gasteiger charge is -2.41. The van der Waals surface area contributed by atoms with E-state index in [0.29, 0.717) is 28.6 Å². The molecular weight excluding hydrogens is 826 g/mol. The minimum absolute atomic E-state index is 0.0232. The van der Waals surface area contributed by atoms with Crippen molar-refractivity contribution in [1.29, 1.82) is 0 Å². The highest BCUT2D eigenvalue weighted by atomic mass is 31.2. The Balaban J connectivity index is 1.37. The number of para-hydroxylation sites is 1. The van der Waals surface area contributed by atoms with Crippen LogP contribution in [0.2, 0.25) is 0 Å². The van der Waals surface area contributed by atoms with Crippen molar-refractivity contribution in [2.45, 2.75) is 36.5 Å². The first-order valence-corrected chi connectivity index (χ1v) is 22.8. The minimum Gasteiger partial charge on any atom is -0.496 e. The topological polar surface area (TPSA) is 150 Å². The first kappa shape index (κ1) is 44.1. The zero-order valence-electron chi connectivity index (χ0n) is 35.8. The fourth-order valence-corrected chi connectivity index (χ4v) is 9.12. The fourth-order valence-electron chi connectivity index (χ4n) is 8.75. The maximum atomic E-state index is 12.0. The number of rotatable bonds is 19. The smallest absolute Gasteiger partial charge is 0.350 e. The molecule has 0 bridgehead atoms. The highest BCUT2D eigenvalue weighted by Crippen LogP contribution is 2.48. The summed E-state index contributed by atoms with van der Waals surface area (Å²) in [5, 5.41) is 0. The summed E-state index contributed by atoms with van der Waals surface area (Å²) >= 11 is 0. The van der Waals surface area contributed by atoms with E-state index in [-0.39, 0.29) is 13.0 Å². The summed E-state index contributed by atoms with van der Waals surface area (Å²) in [5.41, 5.74) is 6.97. The number of hydrogen-bond donors (Lipinski definition) is 3. The standard InChI is InChI=1S/C51H50N5O7P/c1-37(63-51(41-27-15-7-16-28-41,42-29-17-8-18-30-42)43-31-19-20-32-45(43)60-2)44(33-34-62-36-64(57,58)59)56-35-52-46-47(55-61-3)53-49(54-48(46)56)50(38-21-9-4-10-22-38,39-23-11-5-12-24-39)40-25-13-6-14-26-40/h4-32,35,37,44H,33-34,36H2,1-3H3,(H,53,54,55)(H2,57,58,59). The highest BCUT2D eigenvalue weighted by Gasteiger charge is 2.45. The first-order chi connectivity index (χ1) is 31.2. The van der Waals surface area contributed by atoms with Crippen LogP contribution in [0.25, 0.3) is 11.2 Å². The summed E-state index contributed by atoms with van der Waals surface area (Å²) in [7, 11) is -1.31. The number of hydrogen-bond acceptors (Lipinski definition) is 9. The number of aromatic nitrogens is 4. The van der Waals surface area contributed by atoms with E-state index in [4.69, 9.17) is 34.0 Å². The van der Waals surface area contributed by atoms with Crippen LogP contribution in [-0.4, -0.2) is 62.6 Å². The second-order valence-electron chi connectivity index (χ2n) is 15.4. The predicted molar refractivity (Wildman–Crippen MR) is 247 cm³/mol. The van der Waals surface area contributed by atoms with Crippen LogP contribution >= 0.6 is 7.60 Å². The Morgan fingerprint density at radius 2 is 1.16 bits per heavy atom. The van der Waals surface area contributed by atoms with Crippen LogP contribution in [0.4, 0.5) is 5.82 Å². The van der Waals surface area contributed by atoms with Crippen LogP contribution in [-0.2, 0) is 29.9 Å². The number of methoxy groups -OCH3 is 1. The Morgan fingerprint density at radius 3 is 1.64 bits per heavy atom. The van der Waals surface area contributed by atoms with E-state index >= 15 is 0 Å². The average Bonchev–Trinajstić information content (AvgIpc) is 3.76. The molecule has 3 N–H and O–H groups in total. The number of anilines is 1. The van der Waals surface area contributed by atoms with Crippen LogP contribution in [0.5, 0.6) is 5.75 Å². The Bertz CT molecular complexity index is 2660. The third kappa shape index (κ3) is 8.72. The van der Waals surface area contributed by atoms with Crippen molar-refractivity contribution >= 4 is 24.6 Å². The number of fused-ring (bicyclic) bond motifs is 1. The van der Waals surface area contributed by atoms with Crippen LogP contribution in [0, 0.1) is 0 Å². The molecule has 0 aliphatic rings. The van der Waals surface area contributed by atoms with Crippen molar-refractivity contribution in [3.8, 4) is 5.75 Å². The zero-order valence-corrected chi connectivity index (χ0v) is 36.7. The molecule has 0 saturated carbocycles. The lowest BCUT2D eigenvalue weighted by Crippen LogP contribution is -2.40. The summed E-state index contributed by atoms with van der Waals surface area (Å²) < 4.78 is 33.3. The molecule has 8 rings (SSSR count). The van der Waals surface area contributed by atoms with E-state index in [1.54, 1.807) is 13.4 Å². The minimum atomic E-state index is -4.47. The van der Waals surface area contributed by atoms with Gasteiger partial charge in [0.25, 0.3) is 0 Å². The molecular formula is C51H50N5O7P. The van der Waals surface area contributed by atoms with E-state index in [9.17, 15) is 14.4 Å². The van der Waals surface area contributed by atoms with E-state index in [2.05, 4.69) is 41.9 Å². The predicted octanol–water partition coefficient (Wildman–Crippen LogP) is 9.67. The molecule has 0 radical (unpaired) electrons. The second-order valence-corrected chi connectivity index (χ2v) is 17.0. The summed E-state index contributed by atoms with van der Waals surface area (Å²) in [6.07, 6.45) is 0.538. The molecule has 12 nitrogen and oxygen atoms in total. The van der Waals surface area contributed by atoms with Gasteiger partial charge in [0.15, 0.2) is 22.8 Å². The van der Waals surface area contributed by atoms with Gasteiger partial charge in [-0.1, -0.05) is 170 Å². The lowest BCUT2D eigenvalue weighted by molar-refractivity contribution is -0.0666. The number of benzene rings is 6. The second kappa shape index (κ2) is 19.5. The Kier molecular flexibility index (Phi) is 13.4. The molecule has 2 aromatic heterocycles. The Hall–Kier alpha value is -6.50. The van der Waals surface area contributed by atoms with Crippen LogP contribution in [0.1, 0.15) is 58.6 Å². The van der Waals surface area contributed by atoms with Crippen LogP contribution in [0.15, 0.2) is 182 Å². The Morgan fingerprint density at radius 1 is 0.672 bits per heavy atom. The largest absolute Gasteiger partial charge is 0.496 e. The molecule has 2 heterocycles. The molecule has 0 fully saturated rings. The van der Waals surface area contributed by atoms with E-state index in [1.807, 2.05) is 151 Å². The quantitative estimate of drug-likeness (QED) is 0.0309. The summed E-state index contributed by atoms with van der Waals surface area (Å²) in [6.45, 7) is 1.96. The molecule has 0 aliphatic carbocycles. The van der Waals surface area contributed by atoms with E-state index in [0.717, 1.165) is 33.4 Å². The fraction of sp³-hybridized carbons (Fsp3) is 0.196. The monoisotopic (exact) mass is 875 g/mol. The molecule has 64 heavy (non-hydrogen) atoms. The van der Waals surface area contributed by atoms with Gasteiger partial charge < -0.3 is 28.6 Å². The van der Waals surface area contributed by atoms with E-state index in [1.165, 1.54) is 7.11 Å². The maximum absolute atomic E-state index is 12.0. The van der Waals surface area contributed by atoms with Gasteiger partial charge in [-0.25, -0.2) is 20.4 Å². The molecule has 2 atom stereocenters. The van der Waals surface area contributed by atoms with Gasteiger partial charge in [-0.15, -0.1) is 0 Å². The number of nitrogens with zero attached hydrogens (tertiary/aromatic N) is 4. The van der Waals surface area contributed by atoms with Gasteiger partial charge >= 0.3 is 7.60 Å². The van der Waals surface area contributed by atoms with Crippen molar-refractivity contribution in [2.24, 2.45) is 0 Å². The molecule has 0 saturated heterocycles. The van der Waals surface area contributed by atoms with Crippen molar-refractivity contribution in [3.63, 3.8) is 0 Å². The number of imidazole rings is 1. The van der Waals surface area contributed by atoms with Crippen molar-refractivity contribution in [1.82, 2.24) is 19.5 Å². The third-order valence-corrected chi connectivity index (χ3v) is 12.0. The van der Waals surface area contributed by atoms with Crippen molar-refractivity contribution in [2.75, 3.05) is 32.7 Å².